The third-order valence-electron chi connectivity index (χ3n) is 4.07. The molecule has 1 unspecified atom stereocenters. The molecule has 5 nitrogen and oxygen atoms in total. The SMILES string of the molecule is CC(C)C(Sc1nncn1C1CC1)C(=O)Nc1ccccc1C(F)(F)F. The topological polar surface area (TPSA) is 59.8 Å². The summed E-state index contributed by atoms with van der Waals surface area (Å²) >= 11 is 1.24. The Morgan fingerprint density at radius 3 is 2.62 bits per heavy atom. The molecule has 26 heavy (non-hydrogen) atoms. The van der Waals surface area contributed by atoms with Crippen LogP contribution in [-0.4, -0.2) is 25.9 Å². The first-order valence-electron chi connectivity index (χ1n) is 8.30. The average molecular weight is 384 g/mol. The Hall–Kier alpha value is -2.03. The molecule has 1 heterocycles. The maximum atomic E-state index is 13.1. The van der Waals surface area contributed by atoms with Gasteiger partial charge in [-0.1, -0.05) is 37.7 Å². The molecule has 1 amide bonds. The van der Waals surface area contributed by atoms with Gasteiger partial charge in [-0.25, -0.2) is 0 Å². The molecule has 2 aromatic rings. The van der Waals surface area contributed by atoms with Gasteiger partial charge in [-0.2, -0.15) is 13.2 Å². The highest BCUT2D eigenvalue weighted by atomic mass is 32.2. The number of carbonyl (C=O) groups excluding carboxylic acids is 1. The maximum Gasteiger partial charge on any atom is 0.418 e. The number of carbonyl (C=O) groups is 1. The molecule has 1 aromatic carbocycles. The van der Waals surface area contributed by atoms with E-state index in [1.807, 2.05) is 18.4 Å². The highest BCUT2D eigenvalue weighted by Gasteiger charge is 2.35. The van der Waals surface area contributed by atoms with Crippen molar-refractivity contribution >= 4 is 23.4 Å². The van der Waals surface area contributed by atoms with Crippen LogP contribution in [-0.2, 0) is 11.0 Å². The summed E-state index contributed by atoms with van der Waals surface area (Å²) in [7, 11) is 0. The molecule has 9 heteroatoms. The van der Waals surface area contributed by atoms with Crippen molar-refractivity contribution in [2.75, 3.05) is 5.32 Å². The zero-order valence-corrected chi connectivity index (χ0v) is 15.1. The lowest BCUT2D eigenvalue weighted by Gasteiger charge is -2.21. The number of thioether (sulfide) groups is 1. The van der Waals surface area contributed by atoms with Crippen LogP contribution >= 0.6 is 11.8 Å². The van der Waals surface area contributed by atoms with Gasteiger partial charge >= 0.3 is 6.18 Å². The third kappa shape index (κ3) is 4.20. The molecule has 1 atom stereocenters. The van der Waals surface area contributed by atoms with Gasteiger partial charge < -0.3 is 9.88 Å². The number of hydrogen-bond acceptors (Lipinski definition) is 4. The van der Waals surface area contributed by atoms with Crippen LogP contribution in [0.4, 0.5) is 18.9 Å². The van der Waals surface area contributed by atoms with Crippen molar-refractivity contribution in [3.8, 4) is 0 Å². The van der Waals surface area contributed by atoms with Gasteiger partial charge in [-0.15, -0.1) is 10.2 Å². The quantitative estimate of drug-likeness (QED) is 0.751. The molecule has 140 valence electrons. The number of halogens is 3. The fourth-order valence-corrected chi connectivity index (χ4v) is 3.65. The molecule has 0 spiro atoms. The summed E-state index contributed by atoms with van der Waals surface area (Å²) < 4.78 is 41.3. The Morgan fingerprint density at radius 1 is 1.31 bits per heavy atom. The molecule has 1 saturated carbocycles. The number of rotatable bonds is 6. The van der Waals surface area contributed by atoms with Crippen molar-refractivity contribution in [3.63, 3.8) is 0 Å². The van der Waals surface area contributed by atoms with Crippen LogP contribution < -0.4 is 5.32 Å². The largest absolute Gasteiger partial charge is 0.418 e. The van der Waals surface area contributed by atoms with Crippen molar-refractivity contribution in [2.24, 2.45) is 5.92 Å². The van der Waals surface area contributed by atoms with E-state index in [-0.39, 0.29) is 11.6 Å². The van der Waals surface area contributed by atoms with E-state index in [1.54, 1.807) is 6.33 Å². The molecule has 3 rings (SSSR count). The van der Waals surface area contributed by atoms with Crippen molar-refractivity contribution < 1.29 is 18.0 Å². The smallest absolute Gasteiger partial charge is 0.325 e. The number of alkyl halides is 3. The van der Waals surface area contributed by atoms with E-state index in [4.69, 9.17) is 0 Å². The molecule has 0 aliphatic heterocycles. The van der Waals surface area contributed by atoms with Gasteiger partial charge in [-0.3, -0.25) is 4.79 Å². The van der Waals surface area contributed by atoms with Crippen molar-refractivity contribution in [1.82, 2.24) is 14.8 Å². The first-order valence-corrected chi connectivity index (χ1v) is 9.18. The van der Waals surface area contributed by atoms with Crippen molar-refractivity contribution in [2.45, 2.75) is 49.3 Å². The van der Waals surface area contributed by atoms with Crippen LogP contribution in [0.2, 0.25) is 0 Å². The second-order valence-electron chi connectivity index (χ2n) is 6.57. The van der Waals surface area contributed by atoms with Gasteiger partial charge in [0.1, 0.15) is 6.33 Å². The summed E-state index contributed by atoms with van der Waals surface area (Å²) in [6.45, 7) is 3.70. The number of para-hydroxylation sites is 1. The number of benzene rings is 1. The van der Waals surface area contributed by atoms with Gasteiger partial charge in [0.05, 0.1) is 16.5 Å². The van der Waals surface area contributed by atoms with E-state index in [0.29, 0.717) is 11.2 Å². The summed E-state index contributed by atoms with van der Waals surface area (Å²) in [5.74, 6) is -0.575. The van der Waals surface area contributed by atoms with Crippen LogP contribution in [0.1, 0.15) is 38.3 Å². The van der Waals surface area contributed by atoms with E-state index >= 15 is 0 Å². The van der Waals surface area contributed by atoms with Crippen LogP contribution in [0.5, 0.6) is 0 Å². The maximum absolute atomic E-state index is 13.1. The average Bonchev–Trinajstić information content (AvgIpc) is 3.30. The zero-order valence-electron chi connectivity index (χ0n) is 14.3. The number of nitrogens with one attached hydrogen (secondary N) is 1. The van der Waals surface area contributed by atoms with Crippen LogP contribution in [0.25, 0.3) is 0 Å². The van der Waals surface area contributed by atoms with E-state index in [2.05, 4.69) is 15.5 Å². The fraction of sp³-hybridized carbons (Fsp3) is 0.471. The Balaban J connectivity index is 1.79. The van der Waals surface area contributed by atoms with E-state index in [9.17, 15) is 18.0 Å². The van der Waals surface area contributed by atoms with E-state index in [1.165, 1.54) is 30.0 Å². The minimum absolute atomic E-state index is 0.0950. The fourth-order valence-electron chi connectivity index (χ4n) is 2.57. The second-order valence-corrected chi connectivity index (χ2v) is 7.68. The molecule has 1 aromatic heterocycles. The van der Waals surface area contributed by atoms with Gasteiger partial charge in [0.15, 0.2) is 5.16 Å². The summed E-state index contributed by atoms with van der Waals surface area (Å²) in [6, 6.07) is 5.33. The number of nitrogens with zero attached hydrogens (tertiary/aromatic N) is 3. The second kappa shape index (κ2) is 7.30. The van der Waals surface area contributed by atoms with Crippen LogP contribution in [0, 0.1) is 5.92 Å². The monoisotopic (exact) mass is 384 g/mol. The van der Waals surface area contributed by atoms with Crippen LogP contribution in [0.15, 0.2) is 35.7 Å². The lowest BCUT2D eigenvalue weighted by molar-refractivity contribution is -0.137. The molecule has 1 fully saturated rings. The molecule has 1 N–H and O–H groups in total. The number of aromatic nitrogens is 3. The lowest BCUT2D eigenvalue weighted by atomic mass is 10.1. The molecule has 0 saturated heterocycles. The van der Waals surface area contributed by atoms with Gasteiger partial charge in [-0.05, 0) is 30.9 Å². The number of hydrogen-bond donors (Lipinski definition) is 1. The zero-order chi connectivity index (χ0) is 18.9. The highest BCUT2D eigenvalue weighted by molar-refractivity contribution is 8.00. The van der Waals surface area contributed by atoms with Gasteiger partial charge in [0.2, 0.25) is 5.91 Å². The standard InChI is InChI=1S/C17H19F3N4OS/c1-10(2)14(26-16-23-21-9-24(16)11-7-8-11)15(25)22-13-6-4-3-5-12(13)17(18,19)20/h3-6,9-11,14H,7-8H2,1-2H3,(H,22,25). The Labute approximate surface area is 153 Å². The normalized spacial score (nSPS) is 15.9. The first-order chi connectivity index (χ1) is 12.3. The summed E-state index contributed by atoms with van der Waals surface area (Å²) in [5.41, 5.74) is -1.10. The minimum atomic E-state index is -4.53. The Bertz CT molecular complexity index is 786. The first kappa shape index (κ1) is 18.8. The third-order valence-corrected chi connectivity index (χ3v) is 5.58. The van der Waals surface area contributed by atoms with Crippen molar-refractivity contribution in [1.29, 1.82) is 0 Å². The Morgan fingerprint density at radius 2 is 2.00 bits per heavy atom. The molecule has 0 bridgehead atoms. The molecular formula is C17H19F3N4OS. The minimum Gasteiger partial charge on any atom is -0.325 e. The van der Waals surface area contributed by atoms with Crippen LogP contribution in [0.3, 0.4) is 0 Å². The highest BCUT2D eigenvalue weighted by Crippen LogP contribution is 2.39. The number of amides is 1. The summed E-state index contributed by atoms with van der Waals surface area (Å²) in [4.78, 5) is 12.7. The molecule has 1 aliphatic carbocycles. The summed E-state index contributed by atoms with van der Waals surface area (Å²) in [5, 5.41) is 10.4. The summed E-state index contributed by atoms with van der Waals surface area (Å²) in [6.07, 6.45) is -0.809. The van der Waals surface area contributed by atoms with E-state index < -0.39 is 22.9 Å². The molecular weight excluding hydrogens is 365 g/mol. The van der Waals surface area contributed by atoms with Gasteiger partial charge in [0, 0.05) is 6.04 Å². The predicted molar refractivity (Wildman–Crippen MR) is 92.8 cm³/mol. The lowest BCUT2D eigenvalue weighted by Crippen LogP contribution is -2.30. The van der Waals surface area contributed by atoms with Crippen molar-refractivity contribution in [3.05, 3.63) is 36.2 Å². The molecule has 0 radical (unpaired) electrons. The van der Waals surface area contributed by atoms with E-state index in [0.717, 1.165) is 18.9 Å². The molecule has 1 aliphatic rings. The predicted octanol–water partition coefficient (Wildman–Crippen LogP) is 4.39. The number of anilines is 1. The van der Waals surface area contributed by atoms with Gasteiger partial charge in [0.25, 0.3) is 0 Å². The Kier molecular flexibility index (Phi) is 5.27.